The number of hydrogen-bond acceptors (Lipinski definition) is 5. The van der Waals surface area contributed by atoms with Crippen LogP contribution in [0.15, 0.2) is 71.9 Å². The number of rotatable bonds is 7. The first-order chi connectivity index (χ1) is 15.0. The fourth-order valence-electron chi connectivity index (χ4n) is 3.13. The summed E-state index contributed by atoms with van der Waals surface area (Å²) in [7, 11) is 1.90. The molecule has 1 amide bonds. The summed E-state index contributed by atoms with van der Waals surface area (Å²) in [6.45, 7) is 2.38. The van der Waals surface area contributed by atoms with Gasteiger partial charge in [0.1, 0.15) is 0 Å². The fourth-order valence-corrected chi connectivity index (χ4v) is 4.09. The van der Waals surface area contributed by atoms with Crippen LogP contribution >= 0.6 is 23.4 Å². The van der Waals surface area contributed by atoms with Crippen LogP contribution in [0.5, 0.6) is 0 Å². The third kappa shape index (κ3) is 5.00. The van der Waals surface area contributed by atoms with E-state index in [-0.39, 0.29) is 11.2 Å². The number of halogens is 1. The minimum absolute atomic E-state index is 0.0785. The van der Waals surface area contributed by atoms with Crippen molar-refractivity contribution in [1.29, 1.82) is 0 Å². The van der Waals surface area contributed by atoms with Gasteiger partial charge in [-0.15, -0.1) is 10.2 Å². The number of fused-ring (bicyclic) bond motifs is 1. The second-order valence-electron chi connectivity index (χ2n) is 7.09. The van der Waals surface area contributed by atoms with Gasteiger partial charge in [0.25, 0.3) is 0 Å². The number of aromatic nitrogens is 3. The van der Waals surface area contributed by atoms with Gasteiger partial charge in [0.05, 0.1) is 11.8 Å². The van der Waals surface area contributed by atoms with Crippen molar-refractivity contribution in [1.82, 2.24) is 14.8 Å². The molecule has 1 aromatic heterocycles. The molecule has 31 heavy (non-hydrogen) atoms. The maximum atomic E-state index is 12.8. The molecule has 0 radical (unpaired) electrons. The van der Waals surface area contributed by atoms with E-state index in [9.17, 15) is 4.79 Å². The first kappa shape index (κ1) is 21.2. The van der Waals surface area contributed by atoms with Gasteiger partial charge in [0.2, 0.25) is 5.91 Å². The number of nitrogens with zero attached hydrogens (tertiary/aromatic N) is 3. The molecule has 0 fully saturated rings. The van der Waals surface area contributed by atoms with E-state index in [1.807, 2.05) is 85.3 Å². The molecule has 0 unspecified atom stereocenters. The molecule has 0 saturated carbocycles. The van der Waals surface area contributed by atoms with E-state index >= 15 is 0 Å². The number of amides is 1. The van der Waals surface area contributed by atoms with Crippen molar-refractivity contribution in [3.63, 3.8) is 0 Å². The quantitative estimate of drug-likeness (QED) is 0.370. The molecular weight excluding hydrogens is 430 g/mol. The second kappa shape index (κ2) is 9.41. The summed E-state index contributed by atoms with van der Waals surface area (Å²) in [5.74, 6) is 0.698. The average Bonchev–Trinajstić information content (AvgIpc) is 3.12. The Morgan fingerprint density at radius 3 is 2.61 bits per heavy atom. The highest BCUT2D eigenvalue weighted by atomic mass is 35.5. The molecule has 158 valence electrons. The van der Waals surface area contributed by atoms with Crippen molar-refractivity contribution < 1.29 is 4.79 Å². The van der Waals surface area contributed by atoms with E-state index in [4.69, 9.17) is 11.6 Å². The number of carbonyl (C=O) groups excluding carboxylic acids is 1. The summed E-state index contributed by atoms with van der Waals surface area (Å²) in [4.78, 5) is 12.8. The summed E-state index contributed by atoms with van der Waals surface area (Å²) >= 11 is 7.30. The minimum atomic E-state index is -0.334. The Morgan fingerprint density at radius 1 is 1.06 bits per heavy atom. The van der Waals surface area contributed by atoms with Gasteiger partial charge in [-0.3, -0.25) is 4.79 Å². The van der Waals surface area contributed by atoms with Gasteiger partial charge >= 0.3 is 0 Å². The molecule has 1 atom stereocenters. The topological polar surface area (TPSA) is 71.8 Å². The van der Waals surface area contributed by atoms with Crippen LogP contribution in [0.1, 0.15) is 12.7 Å². The lowest BCUT2D eigenvalue weighted by Crippen LogP contribution is -2.23. The zero-order valence-corrected chi connectivity index (χ0v) is 18.7. The highest BCUT2D eigenvalue weighted by Crippen LogP contribution is 2.26. The maximum absolute atomic E-state index is 12.8. The van der Waals surface area contributed by atoms with Gasteiger partial charge in [-0.05, 0) is 42.6 Å². The number of anilines is 2. The van der Waals surface area contributed by atoms with E-state index < -0.39 is 0 Å². The van der Waals surface area contributed by atoms with Crippen molar-refractivity contribution in [2.75, 3.05) is 10.6 Å². The van der Waals surface area contributed by atoms with Crippen molar-refractivity contribution in [2.24, 2.45) is 7.05 Å². The minimum Gasteiger partial charge on any atom is -0.378 e. The standard InChI is InChI=1S/C23H22ClN5OS/c1-15(22(30)26-20-9-5-7-16-6-3-4-8-19(16)20)31-23-28-27-21(29(23)2)14-25-18-12-10-17(24)11-13-18/h3-13,15,25H,14H2,1-2H3,(H,26,30)/t15-/m0/s1. The molecule has 2 N–H and O–H groups in total. The van der Waals surface area contributed by atoms with Gasteiger partial charge in [-0.1, -0.05) is 59.8 Å². The summed E-state index contributed by atoms with van der Waals surface area (Å²) in [6, 6.07) is 21.4. The van der Waals surface area contributed by atoms with Gasteiger partial charge in [-0.25, -0.2) is 0 Å². The van der Waals surface area contributed by atoms with Gasteiger partial charge < -0.3 is 15.2 Å². The smallest absolute Gasteiger partial charge is 0.237 e. The number of hydrogen-bond donors (Lipinski definition) is 2. The van der Waals surface area contributed by atoms with Gasteiger partial charge in [-0.2, -0.15) is 0 Å². The molecule has 8 heteroatoms. The van der Waals surface area contributed by atoms with Crippen LogP contribution in [-0.2, 0) is 18.4 Å². The molecule has 0 bridgehead atoms. The lowest BCUT2D eigenvalue weighted by molar-refractivity contribution is -0.115. The lowest BCUT2D eigenvalue weighted by Gasteiger charge is -2.13. The molecule has 1 heterocycles. The van der Waals surface area contributed by atoms with E-state index in [1.165, 1.54) is 11.8 Å². The first-order valence-corrected chi connectivity index (χ1v) is 11.1. The third-order valence-electron chi connectivity index (χ3n) is 4.92. The Kier molecular flexibility index (Phi) is 6.44. The summed E-state index contributed by atoms with van der Waals surface area (Å²) in [6.07, 6.45) is 0. The van der Waals surface area contributed by atoms with Crippen molar-refractivity contribution in [3.8, 4) is 0 Å². The summed E-state index contributed by atoms with van der Waals surface area (Å²) in [5, 5.41) is 18.0. The number of nitrogens with one attached hydrogen (secondary N) is 2. The maximum Gasteiger partial charge on any atom is 0.237 e. The van der Waals surface area contributed by atoms with Gasteiger partial charge in [0, 0.05) is 28.8 Å². The largest absolute Gasteiger partial charge is 0.378 e. The Bertz CT molecular complexity index is 1200. The zero-order chi connectivity index (χ0) is 21.8. The van der Waals surface area contributed by atoms with E-state index in [0.29, 0.717) is 16.7 Å². The highest BCUT2D eigenvalue weighted by Gasteiger charge is 2.19. The van der Waals surface area contributed by atoms with Crippen molar-refractivity contribution in [2.45, 2.75) is 23.9 Å². The third-order valence-corrected chi connectivity index (χ3v) is 6.30. The van der Waals surface area contributed by atoms with Gasteiger partial charge in [0.15, 0.2) is 11.0 Å². The molecule has 0 saturated heterocycles. The summed E-state index contributed by atoms with van der Waals surface area (Å²) < 4.78 is 1.90. The van der Waals surface area contributed by atoms with Crippen LogP contribution < -0.4 is 10.6 Å². The molecule has 0 aliphatic heterocycles. The fraction of sp³-hybridized carbons (Fsp3) is 0.174. The van der Waals surface area contributed by atoms with Crippen LogP contribution in [0, 0.1) is 0 Å². The average molecular weight is 452 g/mol. The SMILES string of the molecule is C[C@H](Sc1nnc(CNc2ccc(Cl)cc2)n1C)C(=O)Nc1cccc2ccccc12. The Labute approximate surface area is 190 Å². The van der Waals surface area contributed by atoms with Crippen LogP contribution in [0.3, 0.4) is 0 Å². The van der Waals surface area contributed by atoms with Crippen LogP contribution in [-0.4, -0.2) is 25.9 Å². The van der Waals surface area contributed by atoms with E-state index in [2.05, 4.69) is 20.8 Å². The Morgan fingerprint density at radius 2 is 1.81 bits per heavy atom. The molecular formula is C23H22ClN5OS. The molecule has 4 aromatic rings. The molecule has 3 aromatic carbocycles. The van der Waals surface area contributed by atoms with Crippen molar-refractivity contribution >= 4 is 51.4 Å². The molecule has 0 aliphatic rings. The number of benzene rings is 3. The van der Waals surface area contributed by atoms with Crippen molar-refractivity contribution in [3.05, 3.63) is 77.6 Å². The zero-order valence-electron chi connectivity index (χ0n) is 17.2. The summed E-state index contributed by atoms with van der Waals surface area (Å²) in [5.41, 5.74) is 1.76. The highest BCUT2D eigenvalue weighted by molar-refractivity contribution is 8.00. The first-order valence-electron chi connectivity index (χ1n) is 9.84. The van der Waals surface area contributed by atoms with E-state index in [0.717, 1.165) is 28.0 Å². The Balaban J connectivity index is 1.39. The van der Waals surface area contributed by atoms with Crippen LogP contribution in [0.2, 0.25) is 5.02 Å². The normalized spacial score (nSPS) is 12.0. The molecule has 0 aliphatic carbocycles. The molecule has 6 nitrogen and oxygen atoms in total. The number of carbonyl (C=O) groups is 1. The second-order valence-corrected chi connectivity index (χ2v) is 8.84. The monoisotopic (exact) mass is 451 g/mol. The molecule has 4 rings (SSSR count). The number of thioether (sulfide) groups is 1. The van der Waals surface area contributed by atoms with Crippen LogP contribution in [0.4, 0.5) is 11.4 Å². The predicted molar refractivity (Wildman–Crippen MR) is 128 cm³/mol. The van der Waals surface area contributed by atoms with E-state index in [1.54, 1.807) is 0 Å². The Hall–Kier alpha value is -3.03. The molecule has 0 spiro atoms. The predicted octanol–water partition coefficient (Wildman–Crippen LogP) is 5.35. The lowest BCUT2D eigenvalue weighted by atomic mass is 10.1. The van der Waals surface area contributed by atoms with Crippen LogP contribution in [0.25, 0.3) is 10.8 Å².